The van der Waals surface area contributed by atoms with Gasteiger partial charge in [-0.05, 0) is 55.3 Å². The van der Waals surface area contributed by atoms with E-state index in [1.54, 1.807) is 35.7 Å². The number of benzene rings is 2. The van der Waals surface area contributed by atoms with Crippen LogP contribution in [-0.2, 0) is 14.8 Å². The van der Waals surface area contributed by atoms with Crippen molar-refractivity contribution in [3.8, 4) is 17.0 Å². The van der Waals surface area contributed by atoms with Crippen molar-refractivity contribution in [1.82, 2.24) is 4.98 Å². The second-order valence-electron chi connectivity index (χ2n) is 6.44. The Morgan fingerprint density at radius 1 is 1.14 bits per heavy atom. The molecule has 3 aromatic rings. The molecule has 9 heteroatoms. The number of sulfonamides is 1. The number of thiazole rings is 1. The lowest BCUT2D eigenvalue weighted by atomic mass is 10.1. The number of rotatable bonds is 4. The molecule has 0 saturated carbocycles. The third-order valence-electron chi connectivity index (χ3n) is 4.42. The monoisotopic (exact) mass is 415 g/mol. The van der Waals surface area contributed by atoms with Crippen LogP contribution in [-0.4, -0.2) is 25.9 Å². The highest BCUT2D eigenvalue weighted by molar-refractivity contribution is 7.93. The van der Waals surface area contributed by atoms with Gasteiger partial charge in [0.05, 0.1) is 16.3 Å². The Labute approximate surface area is 166 Å². The summed E-state index contributed by atoms with van der Waals surface area (Å²) in [5, 5.41) is 4.77. The first kappa shape index (κ1) is 18.5. The van der Waals surface area contributed by atoms with Crippen LogP contribution in [0.25, 0.3) is 11.3 Å². The lowest BCUT2D eigenvalue weighted by Gasteiger charge is -2.18. The number of carbonyl (C=O) groups is 1. The first-order valence-electron chi connectivity index (χ1n) is 8.44. The number of nitrogens with one attached hydrogen (secondary N) is 2. The van der Waals surface area contributed by atoms with Gasteiger partial charge in [-0.15, -0.1) is 11.3 Å². The van der Waals surface area contributed by atoms with E-state index >= 15 is 0 Å². The summed E-state index contributed by atoms with van der Waals surface area (Å²) in [6.45, 7) is 3.79. The molecule has 2 heterocycles. The van der Waals surface area contributed by atoms with Gasteiger partial charge in [-0.2, -0.15) is 0 Å². The molecule has 0 spiro atoms. The Balaban J connectivity index is 1.59. The second-order valence-corrected chi connectivity index (χ2v) is 8.98. The standard InChI is InChI=1S/C19H17N3O4S2/c1-11-3-5-14(7-12(11)2)28(24,25)22-19-21-16(10-27-19)13-4-6-17-15(8-13)20-18(23)9-26-17/h3-8,10H,9H2,1-2H3,(H,20,23)(H,21,22). The molecule has 0 bridgehead atoms. The number of nitrogens with zero attached hydrogens (tertiary/aromatic N) is 1. The Bertz CT molecular complexity index is 1190. The number of fused-ring (bicyclic) bond motifs is 1. The highest BCUT2D eigenvalue weighted by Gasteiger charge is 2.19. The van der Waals surface area contributed by atoms with Gasteiger partial charge in [-0.1, -0.05) is 6.07 Å². The van der Waals surface area contributed by atoms with Crippen LogP contribution < -0.4 is 14.8 Å². The maximum absolute atomic E-state index is 12.6. The van der Waals surface area contributed by atoms with Crippen molar-refractivity contribution in [2.75, 3.05) is 16.6 Å². The lowest BCUT2D eigenvalue weighted by Crippen LogP contribution is -2.25. The zero-order chi connectivity index (χ0) is 19.9. The zero-order valence-electron chi connectivity index (χ0n) is 15.1. The van der Waals surface area contributed by atoms with Gasteiger partial charge in [-0.25, -0.2) is 13.4 Å². The van der Waals surface area contributed by atoms with Gasteiger partial charge in [0.25, 0.3) is 15.9 Å². The van der Waals surface area contributed by atoms with E-state index in [0.717, 1.165) is 16.7 Å². The van der Waals surface area contributed by atoms with E-state index < -0.39 is 10.0 Å². The molecule has 0 saturated heterocycles. The summed E-state index contributed by atoms with van der Waals surface area (Å²) in [5.41, 5.74) is 3.85. The molecule has 0 unspecified atom stereocenters. The predicted octanol–water partition coefficient (Wildman–Crippen LogP) is 3.56. The molecule has 1 aliphatic heterocycles. The van der Waals surface area contributed by atoms with E-state index in [1.165, 1.54) is 11.3 Å². The van der Waals surface area contributed by atoms with Crippen molar-refractivity contribution in [3.05, 3.63) is 52.9 Å². The maximum Gasteiger partial charge on any atom is 0.263 e. The van der Waals surface area contributed by atoms with Crippen LogP contribution in [0.1, 0.15) is 11.1 Å². The number of hydrogen-bond donors (Lipinski definition) is 2. The van der Waals surface area contributed by atoms with Crippen molar-refractivity contribution in [2.45, 2.75) is 18.7 Å². The van der Waals surface area contributed by atoms with Crippen LogP contribution in [0, 0.1) is 13.8 Å². The fourth-order valence-corrected chi connectivity index (χ4v) is 4.81. The normalized spacial score (nSPS) is 13.4. The molecule has 7 nitrogen and oxygen atoms in total. The molecule has 4 rings (SSSR count). The van der Waals surface area contributed by atoms with Crippen LogP contribution in [0.3, 0.4) is 0 Å². The first-order chi connectivity index (χ1) is 13.3. The van der Waals surface area contributed by atoms with E-state index in [2.05, 4.69) is 15.0 Å². The first-order valence-corrected chi connectivity index (χ1v) is 10.8. The molecule has 2 aromatic carbocycles. The van der Waals surface area contributed by atoms with Crippen molar-refractivity contribution < 1.29 is 17.9 Å². The zero-order valence-corrected chi connectivity index (χ0v) is 16.8. The molecule has 0 radical (unpaired) electrons. The van der Waals surface area contributed by atoms with Gasteiger partial charge in [0.15, 0.2) is 11.7 Å². The van der Waals surface area contributed by atoms with Gasteiger partial charge in [0.2, 0.25) is 0 Å². The largest absolute Gasteiger partial charge is 0.482 e. The molecule has 28 heavy (non-hydrogen) atoms. The summed E-state index contributed by atoms with van der Waals surface area (Å²) in [5.74, 6) is 0.374. The lowest BCUT2D eigenvalue weighted by molar-refractivity contribution is -0.118. The van der Waals surface area contributed by atoms with E-state index in [0.29, 0.717) is 17.1 Å². The number of anilines is 2. The van der Waals surface area contributed by atoms with Crippen molar-refractivity contribution in [1.29, 1.82) is 0 Å². The number of aryl methyl sites for hydroxylation is 2. The Morgan fingerprint density at radius 3 is 2.75 bits per heavy atom. The SMILES string of the molecule is Cc1ccc(S(=O)(=O)Nc2nc(-c3ccc4c(c3)NC(=O)CO4)cs2)cc1C. The van der Waals surface area contributed by atoms with Crippen molar-refractivity contribution >= 4 is 38.1 Å². The molecule has 0 aliphatic carbocycles. The molecule has 1 aromatic heterocycles. The molecule has 1 amide bonds. The highest BCUT2D eigenvalue weighted by atomic mass is 32.2. The quantitative estimate of drug-likeness (QED) is 0.679. The van der Waals surface area contributed by atoms with Gasteiger partial charge >= 0.3 is 0 Å². The average Bonchev–Trinajstić information content (AvgIpc) is 3.11. The summed E-state index contributed by atoms with van der Waals surface area (Å²) in [6.07, 6.45) is 0. The third kappa shape index (κ3) is 3.58. The average molecular weight is 415 g/mol. The molecule has 2 N–H and O–H groups in total. The number of aromatic nitrogens is 1. The van der Waals surface area contributed by atoms with Gasteiger partial charge in [-0.3, -0.25) is 9.52 Å². The minimum absolute atomic E-state index is 0.00649. The summed E-state index contributed by atoms with van der Waals surface area (Å²) in [7, 11) is -3.72. The molecular formula is C19H17N3O4S2. The van der Waals surface area contributed by atoms with E-state index in [4.69, 9.17) is 4.74 Å². The molecule has 144 valence electrons. The van der Waals surface area contributed by atoms with Crippen LogP contribution in [0.2, 0.25) is 0 Å². The molecular weight excluding hydrogens is 398 g/mol. The number of ether oxygens (including phenoxy) is 1. The summed E-state index contributed by atoms with van der Waals surface area (Å²) < 4.78 is 33.1. The fourth-order valence-electron chi connectivity index (χ4n) is 2.75. The summed E-state index contributed by atoms with van der Waals surface area (Å²) in [6, 6.07) is 10.3. The van der Waals surface area contributed by atoms with Crippen LogP contribution >= 0.6 is 11.3 Å². The third-order valence-corrected chi connectivity index (χ3v) is 6.65. The summed E-state index contributed by atoms with van der Waals surface area (Å²) >= 11 is 1.19. The van der Waals surface area contributed by atoms with Gasteiger partial charge < -0.3 is 10.1 Å². The molecule has 0 fully saturated rings. The summed E-state index contributed by atoms with van der Waals surface area (Å²) in [4.78, 5) is 16.1. The van der Waals surface area contributed by atoms with Gasteiger partial charge in [0.1, 0.15) is 5.75 Å². The van der Waals surface area contributed by atoms with Crippen molar-refractivity contribution in [3.63, 3.8) is 0 Å². The van der Waals surface area contributed by atoms with E-state index in [9.17, 15) is 13.2 Å². The topological polar surface area (TPSA) is 97.4 Å². The number of amides is 1. The van der Waals surface area contributed by atoms with Crippen molar-refractivity contribution in [2.24, 2.45) is 0 Å². The van der Waals surface area contributed by atoms with E-state index in [-0.39, 0.29) is 22.5 Å². The maximum atomic E-state index is 12.6. The molecule has 1 aliphatic rings. The fraction of sp³-hybridized carbons (Fsp3) is 0.158. The van der Waals surface area contributed by atoms with Crippen LogP contribution in [0.5, 0.6) is 5.75 Å². The Morgan fingerprint density at radius 2 is 1.96 bits per heavy atom. The number of carbonyl (C=O) groups excluding carboxylic acids is 1. The Hall–Kier alpha value is -2.91. The van der Waals surface area contributed by atoms with Crippen LogP contribution in [0.15, 0.2) is 46.7 Å². The number of hydrogen-bond acceptors (Lipinski definition) is 6. The predicted molar refractivity (Wildman–Crippen MR) is 108 cm³/mol. The van der Waals surface area contributed by atoms with E-state index in [1.807, 2.05) is 19.9 Å². The highest BCUT2D eigenvalue weighted by Crippen LogP contribution is 2.34. The smallest absolute Gasteiger partial charge is 0.263 e. The minimum Gasteiger partial charge on any atom is -0.482 e. The Kier molecular flexibility index (Phi) is 4.56. The minimum atomic E-state index is -3.72. The second kappa shape index (κ2) is 6.92. The molecule has 0 atom stereocenters. The van der Waals surface area contributed by atoms with Gasteiger partial charge in [0, 0.05) is 10.9 Å². The van der Waals surface area contributed by atoms with Crippen LogP contribution in [0.4, 0.5) is 10.8 Å².